The highest BCUT2D eigenvalue weighted by Crippen LogP contribution is 2.30. The van der Waals surface area contributed by atoms with E-state index in [0.717, 1.165) is 8.66 Å². The summed E-state index contributed by atoms with van der Waals surface area (Å²) >= 11 is 4.77. The Labute approximate surface area is 103 Å². The molecule has 0 atom stereocenters. The number of rotatable bonds is 2. The van der Waals surface area contributed by atoms with Crippen LogP contribution < -0.4 is 5.73 Å². The summed E-state index contributed by atoms with van der Waals surface area (Å²) in [4.78, 5) is 19.2. The van der Waals surface area contributed by atoms with Crippen LogP contribution in [-0.2, 0) is 0 Å². The van der Waals surface area contributed by atoms with Crippen molar-refractivity contribution in [1.29, 1.82) is 0 Å². The molecule has 0 aliphatic carbocycles. The van der Waals surface area contributed by atoms with Gasteiger partial charge >= 0.3 is 5.97 Å². The Morgan fingerprint density at radius 1 is 1.44 bits per heavy atom. The van der Waals surface area contributed by atoms with Crippen LogP contribution in [0.3, 0.4) is 0 Å². The van der Waals surface area contributed by atoms with E-state index in [9.17, 15) is 4.79 Å². The average molecular weight is 300 g/mol. The highest BCUT2D eigenvalue weighted by molar-refractivity contribution is 9.11. The number of carboxylic acid groups (broad SMARTS) is 1. The monoisotopic (exact) mass is 299 g/mol. The average Bonchev–Trinajstić information content (AvgIpc) is 2.64. The van der Waals surface area contributed by atoms with Gasteiger partial charge in [0.15, 0.2) is 5.69 Å². The minimum atomic E-state index is -1.12. The van der Waals surface area contributed by atoms with E-state index in [1.807, 2.05) is 12.1 Å². The molecule has 0 bridgehead atoms. The van der Waals surface area contributed by atoms with Crippen LogP contribution in [0.15, 0.2) is 22.0 Å². The van der Waals surface area contributed by atoms with Gasteiger partial charge in [-0.05, 0) is 34.1 Å². The molecular formula is C9H6BrN3O2S. The van der Waals surface area contributed by atoms with Crippen molar-refractivity contribution in [2.45, 2.75) is 0 Å². The van der Waals surface area contributed by atoms with Crippen molar-refractivity contribution in [2.24, 2.45) is 0 Å². The van der Waals surface area contributed by atoms with Gasteiger partial charge < -0.3 is 10.8 Å². The molecule has 2 aromatic rings. The third-order valence-electron chi connectivity index (χ3n) is 1.79. The Hall–Kier alpha value is -1.47. The quantitative estimate of drug-likeness (QED) is 0.888. The van der Waals surface area contributed by atoms with E-state index in [1.54, 1.807) is 0 Å². The summed E-state index contributed by atoms with van der Waals surface area (Å²) in [5.74, 6) is -1.16. The first-order valence-corrected chi connectivity index (χ1v) is 5.81. The number of nitrogen functional groups attached to an aromatic ring is 1. The second-order valence-electron chi connectivity index (χ2n) is 2.91. The van der Waals surface area contributed by atoms with E-state index in [-0.39, 0.29) is 11.6 Å². The molecule has 0 saturated heterocycles. The third-order valence-corrected chi connectivity index (χ3v) is 3.43. The molecule has 0 radical (unpaired) electrons. The topological polar surface area (TPSA) is 89.1 Å². The summed E-state index contributed by atoms with van der Waals surface area (Å²) in [5, 5.41) is 8.83. The van der Waals surface area contributed by atoms with Crippen LogP contribution in [0, 0.1) is 0 Å². The van der Waals surface area contributed by atoms with E-state index in [2.05, 4.69) is 25.9 Å². The van der Waals surface area contributed by atoms with Crippen LogP contribution >= 0.6 is 27.3 Å². The van der Waals surface area contributed by atoms with Crippen LogP contribution in [0.25, 0.3) is 10.6 Å². The molecule has 0 amide bonds. The molecule has 0 fully saturated rings. The summed E-state index contributed by atoms with van der Waals surface area (Å²) in [6.45, 7) is 0. The second-order valence-corrected chi connectivity index (χ2v) is 5.37. The molecule has 0 spiro atoms. The fraction of sp³-hybridized carbons (Fsp3) is 0. The van der Waals surface area contributed by atoms with Crippen molar-refractivity contribution < 1.29 is 9.90 Å². The van der Waals surface area contributed by atoms with Gasteiger partial charge in [0.05, 0.1) is 14.4 Å². The fourth-order valence-electron chi connectivity index (χ4n) is 1.15. The largest absolute Gasteiger partial charge is 0.477 e. The lowest BCUT2D eigenvalue weighted by atomic mass is 10.3. The lowest BCUT2D eigenvalue weighted by Gasteiger charge is -2.00. The number of halogens is 1. The Morgan fingerprint density at radius 2 is 2.19 bits per heavy atom. The van der Waals surface area contributed by atoms with Crippen LogP contribution in [0.5, 0.6) is 0 Å². The predicted octanol–water partition coefficient (Wildman–Crippen LogP) is 2.25. The Morgan fingerprint density at radius 3 is 2.75 bits per heavy atom. The van der Waals surface area contributed by atoms with Crippen molar-refractivity contribution in [1.82, 2.24) is 9.97 Å². The van der Waals surface area contributed by atoms with Crippen LogP contribution in [0.4, 0.5) is 5.95 Å². The lowest BCUT2D eigenvalue weighted by Crippen LogP contribution is -2.05. The maximum atomic E-state index is 10.8. The SMILES string of the molecule is Nc1nc(C(=O)O)cc(-c2ccc(Br)s2)n1. The van der Waals surface area contributed by atoms with Crippen LogP contribution in [0.1, 0.15) is 10.5 Å². The summed E-state index contributed by atoms with van der Waals surface area (Å²) in [6, 6.07) is 5.10. The first-order valence-electron chi connectivity index (χ1n) is 4.20. The molecule has 5 nitrogen and oxygen atoms in total. The molecular weight excluding hydrogens is 294 g/mol. The molecule has 0 aliphatic rings. The maximum Gasteiger partial charge on any atom is 0.354 e. The Kier molecular flexibility index (Phi) is 2.88. The molecule has 2 aromatic heterocycles. The van der Waals surface area contributed by atoms with Crippen molar-refractivity contribution in [3.8, 4) is 10.6 Å². The zero-order chi connectivity index (χ0) is 11.7. The van der Waals surface area contributed by atoms with Gasteiger partial charge in [0.25, 0.3) is 0 Å². The zero-order valence-corrected chi connectivity index (χ0v) is 10.2. The van der Waals surface area contributed by atoms with E-state index >= 15 is 0 Å². The van der Waals surface area contributed by atoms with E-state index in [0.29, 0.717) is 5.69 Å². The standard InChI is InChI=1S/C9H6BrN3O2S/c10-7-2-1-6(16-7)4-3-5(8(14)15)13-9(11)12-4/h1-3H,(H,14,15)(H2,11,12,13). The van der Waals surface area contributed by atoms with Gasteiger partial charge in [0.1, 0.15) is 0 Å². The van der Waals surface area contributed by atoms with Crippen LogP contribution in [-0.4, -0.2) is 21.0 Å². The fourth-order valence-corrected chi connectivity index (χ4v) is 2.50. The van der Waals surface area contributed by atoms with Crippen LogP contribution in [0.2, 0.25) is 0 Å². The number of hydrogen-bond acceptors (Lipinski definition) is 5. The van der Waals surface area contributed by atoms with Gasteiger partial charge in [-0.1, -0.05) is 0 Å². The van der Waals surface area contributed by atoms with Gasteiger partial charge in [0, 0.05) is 0 Å². The summed E-state index contributed by atoms with van der Waals surface area (Å²) < 4.78 is 0.941. The third kappa shape index (κ3) is 2.20. The number of carbonyl (C=O) groups is 1. The first kappa shape index (κ1) is 11.0. The zero-order valence-electron chi connectivity index (χ0n) is 7.85. The Balaban J connectivity index is 2.53. The molecule has 0 aliphatic heterocycles. The number of carboxylic acids is 1. The highest BCUT2D eigenvalue weighted by Gasteiger charge is 2.11. The minimum absolute atomic E-state index is 0.0422. The second kappa shape index (κ2) is 4.18. The molecule has 16 heavy (non-hydrogen) atoms. The molecule has 3 N–H and O–H groups in total. The molecule has 0 aromatic carbocycles. The van der Waals surface area contributed by atoms with E-state index in [4.69, 9.17) is 10.8 Å². The maximum absolute atomic E-state index is 10.8. The van der Waals surface area contributed by atoms with Gasteiger partial charge in [-0.3, -0.25) is 0 Å². The Bertz CT molecular complexity index is 555. The van der Waals surface area contributed by atoms with Crippen molar-refractivity contribution >= 4 is 39.2 Å². The predicted molar refractivity (Wildman–Crippen MR) is 64.4 cm³/mol. The van der Waals surface area contributed by atoms with E-state index < -0.39 is 5.97 Å². The molecule has 0 unspecified atom stereocenters. The number of thiophene rings is 1. The normalized spacial score (nSPS) is 10.3. The lowest BCUT2D eigenvalue weighted by molar-refractivity contribution is 0.0690. The number of aromatic nitrogens is 2. The summed E-state index contributed by atoms with van der Waals surface area (Å²) in [5.41, 5.74) is 5.86. The molecule has 2 heterocycles. The number of nitrogens with two attached hydrogens (primary N) is 1. The van der Waals surface area contributed by atoms with Crippen molar-refractivity contribution in [3.05, 3.63) is 27.7 Å². The van der Waals surface area contributed by atoms with Gasteiger partial charge in [-0.15, -0.1) is 11.3 Å². The molecule has 82 valence electrons. The first-order chi connectivity index (χ1) is 7.56. The number of anilines is 1. The number of hydrogen-bond donors (Lipinski definition) is 2. The number of aromatic carboxylic acids is 1. The molecule has 0 saturated carbocycles. The smallest absolute Gasteiger partial charge is 0.354 e. The summed E-state index contributed by atoms with van der Waals surface area (Å²) in [7, 11) is 0. The molecule has 2 rings (SSSR count). The van der Waals surface area contributed by atoms with Gasteiger partial charge in [-0.2, -0.15) is 0 Å². The highest BCUT2D eigenvalue weighted by atomic mass is 79.9. The van der Waals surface area contributed by atoms with Gasteiger partial charge in [-0.25, -0.2) is 14.8 Å². The molecule has 7 heteroatoms. The summed E-state index contributed by atoms with van der Waals surface area (Å²) in [6.07, 6.45) is 0. The van der Waals surface area contributed by atoms with E-state index in [1.165, 1.54) is 17.4 Å². The van der Waals surface area contributed by atoms with Crippen molar-refractivity contribution in [2.75, 3.05) is 5.73 Å². The number of nitrogens with zero attached hydrogens (tertiary/aromatic N) is 2. The van der Waals surface area contributed by atoms with Gasteiger partial charge in [0.2, 0.25) is 5.95 Å². The van der Waals surface area contributed by atoms with Crippen molar-refractivity contribution in [3.63, 3.8) is 0 Å². The minimum Gasteiger partial charge on any atom is -0.477 e.